The van der Waals surface area contributed by atoms with Crippen LogP contribution in [-0.4, -0.2) is 47.6 Å². The number of hydrogen-bond acceptors (Lipinski definition) is 5. The fourth-order valence-electron chi connectivity index (χ4n) is 2.82. The molecule has 0 aromatic carbocycles. The molecule has 0 atom stereocenters. The second kappa shape index (κ2) is 7.07. The zero-order valence-electron chi connectivity index (χ0n) is 13.9. The standard InChI is InChI=1S/C16H29N5/c1-5-8-13-19-14(17-6-2)11-15(20-13)18-12-16(21(3)4)9-7-10-16/h11H,5-10,12H2,1-4H3,(H2,17,18,19,20). The monoisotopic (exact) mass is 291 g/mol. The van der Waals surface area contributed by atoms with Crippen molar-refractivity contribution in [2.45, 2.75) is 51.5 Å². The quantitative estimate of drug-likeness (QED) is 0.771. The average molecular weight is 291 g/mol. The molecule has 0 amide bonds. The Bertz CT molecular complexity index is 430. The first-order valence-corrected chi connectivity index (χ1v) is 8.13. The van der Waals surface area contributed by atoms with Gasteiger partial charge in [0, 0.05) is 31.1 Å². The van der Waals surface area contributed by atoms with Crippen LogP contribution in [0.4, 0.5) is 11.6 Å². The topological polar surface area (TPSA) is 53.1 Å². The van der Waals surface area contributed by atoms with Gasteiger partial charge in [0.2, 0.25) is 0 Å². The molecule has 21 heavy (non-hydrogen) atoms. The Balaban J connectivity index is 2.07. The number of aryl methyl sites for hydroxylation is 1. The lowest BCUT2D eigenvalue weighted by atomic mass is 9.75. The van der Waals surface area contributed by atoms with E-state index in [1.165, 1.54) is 19.3 Å². The van der Waals surface area contributed by atoms with Crippen molar-refractivity contribution in [2.75, 3.05) is 37.8 Å². The molecule has 2 rings (SSSR count). The summed E-state index contributed by atoms with van der Waals surface area (Å²) in [5, 5.41) is 6.83. The van der Waals surface area contributed by atoms with Gasteiger partial charge in [-0.2, -0.15) is 0 Å². The third-order valence-electron chi connectivity index (χ3n) is 4.44. The van der Waals surface area contributed by atoms with Crippen molar-refractivity contribution >= 4 is 11.6 Å². The molecule has 0 spiro atoms. The Kier molecular flexibility index (Phi) is 5.39. The maximum atomic E-state index is 4.65. The van der Waals surface area contributed by atoms with Crippen LogP contribution in [0.25, 0.3) is 0 Å². The SMILES string of the molecule is CCCc1nc(NCC)cc(NCC2(N(C)C)CCC2)n1. The molecule has 1 saturated carbocycles. The molecule has 1 heterocycles. The zero-order valence-corrected chi connectivity index (χ0v) is 13.9. The van der Waals surface area contributed by atoms with Gasteiger partial charge in [-0.05, 0) is 46.7 Å². The van der Waals surface area contributed by atoms with Gasteiger partial charge in [0.15, 0.2) is 0 Å². The highest BCUT2D eigenvalue weighted by Crippen LogP contribution is 2.36. The van der Waals surface area contributed by atoms with Crippen LogP contribution >= 0.6 is 0 Å². The van der Waals surface area contributed by atoms with Gasteiger partial charge in [-0.15, -0.1) is 0 Å². The molecule has 5 heteroatoms. The Morgan fingerprint density at radius 3 is 2.29 bits per heavy atom. The molecule has 1 aromatic rings. The van der Waals surface area contributed by atoms with E-state index in [4.69, 9.17) is 0 Å². The van der Waals surface area contributed by atoms with Crippen molar-refractivity contribution in [1.29, 1.82) is 0 Å². The molecule has 0 radical (unpaired) electrons. The minimum atomic E-state index is 0.300. The predicted molar refractivity (Wildman–Crippen MR) is 88.9 cm³/mol. The van der Waals surface area contributed by atoms with E-state index in [1.807, 2.05) is 6.07 Å². The molecule has 0 unspecified atom stereocenters. The zero-order chi connectivity index (χ0) is 15.3. The molecule has 118 valence electrons. The lowest BCUT2D eigenvalue weighted by molar-refractivity contribution is 0.0738. The molecular formula is C16H29N5. The smallest absolute Gasteiger partial charge is 0.133 e. The van der Waals surface area contributed by atoms with E-state index in [9.17, 15) is 0 Å². The number of aromatic nitrogens is 2. The summed E-state index contributed by atoms with van der Waals surface area (Å²) in [6, 6.07) is 2.02. The third-order valence-corrected chi connectivity index (χ3v) is 4.44. The van der Waals surface area contributed by atoms with Gasteiger partial charge in [0.25, 0.3) is 0 Å². The average Bonchev–Trinajstić information content (AvgIpc) is 2.37. The molecule has 1 aromatic heterocycles. The van der Waals surface area contributed by atoms with E-state index in [2.05, 4.69) is 53.4 Å². The Morgan fingerprint density at radius 2 is 1.81 bits per heavy atom. The van der Waals surface area contributed by atoms with Crippen molar-refractivity contribution in [1.82, 2.24) is 14.9 Å². The second-order valence-electron chi connectivity index (χ2n) is 6.16. The highest BCUT2D eigenvalue weighted by atomic mass is 15.2. The van der Waals surface area contributed by atoms with Gasteiger partial charge in [-0.3, -0.25) is 0 Å². The minimum absolute atomic E-state index is 0.300. The minimum Gasteiger partial charge on any atom is -0.370 e. The number of likely N-dealkylation sites (N-methyl/N-ethyl adjacent to an activating group) is 1. The van der Waals surface area contributed by atoms with Crippen LogP contribution in [0.15, 0.2) is 6.07 Å². The maximum absolute atomic E-state index is 4.65. The highest BCUT2D eigenvalue weighted by Gasteiger charge is 2.38. The summed E-state index contributed by atoms with van der Waals surface area (Å²) in [7, 11) is 4.35. The predicted octanol–water partition coefficient (Wildman–Crippen LogP) is 2.76. The fourth-order valence-corrected chi connectivity index (χ4v) is 2.82. The summed E-state index contributed by atoms with van der Waals surface area (Å²) in [6.45, 7) is 6.08. The summed E-state index contributed by atoms with van der Waals surface area (Å²) >= 11 is 0. The van der Waals surface area contributed by atoms with Gasteiger partial charge in [-0.1, -0.05) is 6.92 Å². The molecule has 1 aliphatic rings. The first-order chi connectivity index (χ1) is 10.1. The largest absolute Gasteiger partial charge is 0.370 e. The van der Waals surface area contributed by atoms with Crippen LogP contribution in [0.1, 0.15) is 45.4 Å². The van der Waals surface area contributed by atoms with Crippen LogP contribution in [-0.2, 0) is 6.42 Å². The molecule has 2 N–H and O–H groups in total. The van der Waals surface area contributed by atoms with Gasteiger partial charge in [0.1, 0.15) is 17.5 Å². The van der Waals surface area contributed by atoms with Crippen LogP contribution < -0.4 is 10.6 Å². The van der Waals surface area contributed by atoms with Gasteiger partial charge < -0.3 is 15.5 Å². The van der Waals surface area contributed by atoms with E-state index >= 15 is 0 Å². The molecule has 0 saturated heterocycles. The Hall–Kier alpha value is -1.36. The summed E-state index contributed by atoms with van der Waals surface area (Å²) in [6.07, 6.45) is 5.84. The summed E-state index contributed by atoms with van der Waals surface area (Å²) in [5.74, 6) is 2.79. The van der Waals surface area contributed by atoms with E-state index in [0.29, 0.717) is 5.54 Å². The van der Waals surface area contributed by atoms with Crippen molar-refractivity contribution in [3.05, 3.63) is 11.9 Å². The first-order valence-electron chi connectivity index (χ1n) is 8.13. The molecule has 5 nitrogen and oxygen atoms in total. The Morgan fingerprint density at radius 1 is 1.14 bits per heavy atom. The van der Waals surface area contributed by atoms with Gasteiger partial charge in [0.05, 0.1) is 0 Å². The van der Waals surface area contributed by atoms with E-state index in [1.54, 1.807) is 0 Å². The lowest BCUT2D eigenvalue weighted by Gasteiger charge is -2.47. The number of rotatable bonds is 8. The van der Waals surface area contributed by atoms with Crippen molar-refractivity contribution < 1.29 is 0 Å². The molecule has 1 fully saturated rings. The van der Waals surface area contributed by atoms with Crippen LogP contribution in [0.2, 0.25) is 0 Å². The van der Waals surface area contributed by atoms with E-state index in [0.717, 1.165) is 43.4 Å². The summed E-state index contributed by atoms with van der Waals surface area (Å²) in [4.78, 5) is 11.5. The van der Waals surface area contributed by atoms with E-state index < -0.39 is 0 Å². The molecule has 0 aliphatic heterocycles. The Labute approximate surface area is 128 Å². The second-order valence-corrected chi connectivity index (χ2v) is 6.16. The normalized spacial score (nSPS) is 16.6. The number of nitrogens with zero attached hydrogens (tertiary/aromatic N) is 3. The van der Waals surface area contributed by atoms with Gasteiger partial charge >= 0.3 is 0 Å². The van der Waals surface area contributed by atoms with Gasteiger partial charge in [-0.25, -0.2) is 9.97 Å². The number of hydrogen-bond donors (Lipinski definition) is 2. The number of anilines is 2. The van der Waals surface area contributed by atoms with E-state index in [-0.39, 0.29) is 0 Å². The highest BCUT2D eigenvalue weighted by molar-refractivity contribution is 5.48. The summed E-state index contributed by atoms with van der Waals surface area (Å²) in [5.41, 5.74) is 0.300. The molecular weight excluding hydrogens is 262 g/mol. The molecule has 1 aliphatic carbocycles. The third kappa shape index (κ3) is 3.84. The number of nitrogens with one attached hydrogen (secondary N) is 2. The maximum Gasteiger partial charge on any atom is 0.133 e. The summed E-state index contributed by atoms with van der Waals surface area (Å²) < 4.78 is 0. The van der Waals surface area contributed by atoms with Crippen molar-refractivity contribution in [2.24, 2.45) is 0 Å². The molecule has 0 bridgehead atoms. The van der Waals surface area contributed by atoms with Crippen LogP contribution in [0.3, 0.4) is 0 Å². The van der Waals surface area contributed by atoms with Crippen molar-refractivity contribution in [3.8, 4) is 0 Å². The lowest BCUT2D eigenvalue weighted by Crippen LogP contribution is -2.54. The van der Waals surface area contributed by atoms with Crippen molar-refractivity contribution in [3.63, 3.8) is 0 Å². The fraction of sp³-hybridized carbons (Fsp3) is 0.750. The first kappa shape index (κ1) is 16.0. The van der Waals surface area contributed by atoms with Crippen LogP contribution in [0.5, 0.6) is 0 Å². The van der Waals surface area contributed by atoms with Crippen LogP contribution in [0, 0.1) is 0 Å².